The third kappa shape index (κ3) is 1.74. The first-order valence-electron chi connectivity index (χ1n) is 4.91. The first-order valence-corrected chi connectivity index (χ1v) is 4.91. The Kier molecular flexibility index (Phi) is 2.44. The van der Waals surface area contributed by atoms with Gasteiger partial charge in [-0.05, 0) is 24.8 Å². The monoisotopic (exact) mass is 193 g/mol. The molecule has 0 amide bonds. The normalized spacial score (nSPS) is 20.4. The molecular weight excluding hydrogens is 178 g/mol. The number of aromatic hydroxyl groups is 1. The first-order chi connectivity index (χ1) is 6.70. The van der Waals surface area contributed by atoms with Gasteiger partial charge in [0, 0.05) is 5.56 Å². The molecule has 3 nitrogen and oxygen atoms in total. The number of rotatable bonds is 3. The van der Waals surface area contributed by atoms with Crippen LogP contribution in [0.4, 0.5) is 0 Å². The summed E-state index contributed by atoms with van der Waals surface area (Å²) in [4.78, 5) is 0. The van der Waals surface area contributed by atoms with E-state index < -0.39 is 12.1 Å². The maximum absolute atomic E-state index is 9.80. The molecule has 1 aromatic rings. The van der Waals surface area contributed by atoms with Crippen molar-refractivity contribution in [1.82, 2.24) is 0 Å². The minimum Gasteiger partial charge on any atom is -0.508 e. The van der Waals surface area contributed by atoms with Gasteiger partial charge >= 0.3 is 0 Å². The molecule has 0 heterocycles. The average Bonchev–Trinajstić information content (AvgIpc) is 3.00. The third-order valence-electron chi connectivity index (χ3n) is 2.77. The Morgan fingerprint density at radius 1 is 1.29 bits per heavy atom. The van der Waals surface area contributed by atoms with Crippen LogP contribution in [0.15, 0.2) is 24.3 Å². The highest BCUT2D eigenvalue weighted by molar-refractivity contribution is 5.35. The minimum absolute atomic E-state index is 0.166. The predicted octanol–water partition coefficient (Wildman–Crippen LogP) is 1.16. The summed E-state index contributed by atoms with van der Waals surface area (Å²) in [6, 6.07) is 6.44. The van der Waals surface area contributed by atoms with Crippen LogP contribution in [-0.2, 0) is 0 Å². The van der Waals surface area contributed by atoms with Gasteiger partial charge in [-0.25, -0.2) is 0 Å². The smallest absolute Gasteiger partial charge is 0.120 e. The van der Waals surface area contributed by atoms with Crippen molar-refractivity contribution in [3.63, 3.8) is 0 Å². The zero-order valence-electron chi connectivity index (χ0n) is 7.93. The van der Waals surface area contributed by atoms with Crippen molar-refractivity contribution in [3.05, 3.63) is 29.8 Å². The van der Waals surface area contributed by atoms with Gasteiger partial charge in [0.05, 0.1) is 12.1 Å². The molecule has 1 aromatic carbocycles. The molecule has 76 valence electrons. The zero-order valence-corrected chi connectivity index (χ0v) is 7.93. The van der Waals surface area contributed by atoms with Crippen molar-refractivity contribution >= 4 is 0 Å². The lowest BCUT2D eigenvalue weighted by Gasteiger charge is -2.19. The number of hydrogen-bond acceptors (Lipinski definition) is 3. The van der Waals surface area contributed by atoms with Crippen LogP contribution in [0.2, 0.25) is 0 Å². The SMILES string of the molecule is N[C@H](c1ccccc1O)[C@@H](O)C1CC1. The summed E-state index contributed by atoms with van der Waals surface area (Å²) in [5.41, 5.74) is 6.50. The second-order valence-electron chi connectivity index (χ2n) is 3.91. The minimum atomic E-state index is -0.525. The zero-order chi connectivity index (χ0) is 10.1. The van der Waals surface area contributed by atoms with Crippen molar-refractivity contribution in [1.29, 1.82) is 0 Å². The van der Waals surface area contributed by atoms with Crippen LogP contribution < -0.4 is 5.73 Å². The summed E-state index contributed by atoms with van der Waals surface area (Å²) in [5.74, 6) is 0.490. The van der Waals surface area contributed by atoms with Crippen molar-refractivity contribution in [3.8, 4) is 5.75 Å². The van der Waals surface area contributed by atoms with Gasteiger partial charge in [0.1, 0.15) is 5.75 Å². The van der Waals surface area contributed by atoms with Crippen LogP contribution in [-0.4, -0.2) is 16.3 Å². The molecule has 0 spiro atoms. The van der Waals surface area contributed by atoms with Crippen LogP contribution in [0.1, 0.15) is 24.4 Å². The van der Waals surface area contributed by atoms with Gasteiger partial charge in [-0.3, -0.25) is 0 Å². The van der Waals surface area contributed by atoms with Gasteiger partial charge in [0.25, 0.3) is 0 Å². The van der Waals surface area contributed by atoms with E-state index in [0.29, 0.717) is 11.5 Å². The number of phenolic OH excluding ortho intramolecular Hbond substituents is 1. The number of nitrogens with two attached hydrogens (primary N) is 1. The molecule has 1 fully saturated rings. The summed E-state index contributed by atoms with van der Waals surface area (Å²) in [6.07, 6.45) is 1.56. The van der Waals surface area contributed by atoms with Crippen molar-refractivity contribution in [2.24, 2.45) is 11.7 Å². The lowest BCUT2D eigenvalue weighted by Crippen LogP contribution is -2.27. The molecular formula is C11H15NO2. The number of aliphatic hydroxyl groups is 1. The molecule has 1 aliphatic carbocycles. The topological polar surface area (TPSA) is 66.5 Å². The Bertz CT molecular complexity index is 323. The molecule has 2 rings (SSSR count). The number of benzene rings is 1. The average molecular weight is 193 g/mol. The second kappa shape index (κ2) is 3.59. The maximum atomic E-state index is 9.80. The summed E-state index contributed by atoms with van der Waals surface area (Å²) in [6.45, 7) is 0. The van der Waals surface area contributed by atoms with Gasteiger partial charge in [0.2, 0.25) is 0 Å². The van der Waals surface area contributed by atoms with Crippen LogP contribution >= 0.6 is 0 Å². The highest BCUT2D eigenvalue weighted by Gasteiger charge is 2.34. The quantitative estimate of drug-likeness (QED) is 0.675. The van der Waals surface area contributed by atoms with E-state index in [1.54, 1.807) is 18.2 Å². The molecule has 4 N–H and O–H groups in total. The van der Waals surface area contributed by atoms with Crippen molar-refractivity contribution in [2.45, 2.75) is 25.0 Å². The summed E-state index contributed by atoms with van der Waals surface area (Å²) < 4.78 is 0. The van der Waals surface area contributed by atoms with Crippen molar-refractivity contribution in [2.75, 3.05) is 0 Å². The number of phenols is 1. The number of aliphatic hydroxyl groups excluding tert-OH is 1. The van der Waals surface area contributed by atoms with Gasteiger partial charge in [-0.2, -0.15) is 0 Å². The van der Waals surface area contributed by atoms with Gasteiger partial charge < -0.3 is 15.9 Å². The Morgan fingerprint density at radius 3 is 2.50 bits per heavy atom. The van der Waals surface area contributed by atoms with E-state index in [1.807, 2.05) is 6.07 Å². The van der Waals surface area contributed by atoms with Gasteiger partial charge in [0.15, 0.2) is 0 Å². The molecule has 0 aromatic heterocycles. The molecule has 0 aliphatic heterocycles. The molecule has 2 atom stereocenters. The van der Waals surface area contributed by atoms with E-state index in [1.165, 1.54) is 0 Å². The Hall–Kier alpha value is -1.06. The fourth-order valence-electron chi connectivity index (χ4n) is 1.68. The summed E-state index contributed by atoms with van der Waals surface area (Å²) in [7, 11) is 0. The van der Waals surface area contributed by atoms with Crippen LogP contribution in [0.3, 0.4) is 0 Å². The highest BCUT2D eigenvalue weighted by Crippen LogP contribution is 2.38. The highest BCUT2D eigenvalue weighted by atomic mass is 16.3. The first kappa shape index (κ1) is 9.49. The molecule has 3 heteroatoms. The van der Waals surface area contributed by atoms with Crippen molar-refractivity contribution < 1.29 is 10.2 Å². The third-order valence-corrected chi connectivity index (χ3v) is 2.77. The summed E-state index contributed by atoms with van der Waals surface area (Å²) in [5, 5.41) is 19.3. The molecule has 1 saturated carbocycles. The number of para-hydroxylation sites is 1. The van der Waals surface area contributed by atoms with Gasteiger partial charge in [-0.15, -0.1) is 0 Å². The molecule has 0 radical (unpaired) electrons. The molecule has 0 unspecified atom stereocenters. The molecule has 0 saturated heterocycles. The Labute approximate surface area is 83.2 Å². The van der Waals surface area contributed by atoms with Crippen LogP contribution in [0.25, 0.3) is 0 Å². The second-order valence-corrected chi connectivity index (χ2v) is 3.91. The van der Waals surface area contributed by atoms with Crippen LogP contribution in [0.5, 0.6) is 5.75 Å². The standard InChI is InChI=1S/C11H15NO2/c12-10(11(14)7-5-6-7)8-3-1-2-4-9(8)13/h1-4,7,10-11,13-14H,5-6,12H2/t10-,11+/m1/s1. The lowest BCUT2D eigenvalue weighted by atomic mass is 9.98. The van der Waals surface area contributed by atoms with E-state index in [4.69, 9.17) is 5.73 Å². The fourth-order valence-corrected chi connectivity index (χ4v) is 1.68. The van der Waals surface area contributed by atoms with E-state index >= 15 is 0 Å². The largest absolute Gasteiger partial charge is 0.508 e. The summed E-state index contributed by atoms with van der Waals surface area (Å²) >= 11 is 0. The predicted molar refractivity (Wildman–Crippen MR) is 53.8 cm³/mol. The van der Waals surface area contributed by atoms with Crippen LogP contribution in [0, 0.1) is 5.92 Å². The molecule has 1 aliphatic rings. The number of hydrogen-bond donors (Lipinski definition) is 3. The maximum Gasteiger partial charge on any atom is 0.120 e. The fraction of sp³-hybridized carbons (Fsp3) is 0.455. The molecule has 14 heavy (non-hydrogen) atoms. The van der Waals surface area contributed by atoms with E-state index in [2.05, 4.69) is 0 Å². The van der Waals surface area contributed by atoms with E-state index in [9.17, 15) is 10.2 Å². The lowest BCUT2D eigenvalue weighted by molar-refractivity contribution is 0.121. The van der Waals surface area contributed by atoms with Gasteiger partial charge in [-0.1, -0.05) is 18.2 Å². The Balaban J connectivity index is 2.17. The molecule has 0 bridgehead atoms. The van der Waals surface area contributed by atoms with E-state index in [0.717, 1.165) is 12.8 Å². The van der Waals surface area contributed by atoms with E-state index in [-0.39, 0.29) is 5.75 Å². The Morgan fingerprint density at radius 2 is 1.93 bits per heavy atom.